The van der Waals surface area contributed by atoms with Crippen LogP contribution in [-0.4, -0.2) is 53.8 Å². The number of aliphatic hydroxyl groups is 2. The van der Waals surface area contributed by atoms with E-state index in [9.17, 15) is 19.8 Å². The van der Waals surface area contributed by atoms with Crippen LogP contribution in [0.25, 0.3) is 0 Å². The van der Waals surface area contributed by atoms with E-state index in [1.165, 1.54) is 12.3 Å². The van der Waals surface area contributed by atoms with Gasteiger partial charge in [0, 0.05) is 6.20 Å². The van der Waals surface area contributed by atoms with Crippen LogP contribution >= 0.6 is 8.38 Å². The predicted molar refractivity (Wildman–Crippen MR) is 66.7 cm³/mol. The van der Waals surface area contributed by atoms with Gasteiger partial charge in [-0.1, -0.05) is 0 Å². The number of nitrogen functional groups attached to an aromatic ring is 1. The minimum atomic E-state index is -3.02. The molecule has 21 heavy (non-hydrogen) atoms. The smallest absolute Gasteiger partial charge is 0.386 e. The molecule has 1 aromatic rings. The second-order valence-corrected chi connectivity index (χ2v) is 5.04. The largest absolute Gasteiger partial charge is 0.426 e. The monoisotopic (exact) mass is 321 g/mol. The Balaban J connectivity index is 2.20. The molecule has 0 saturated carbocycles. The average Bonchev–Trinajstić information content (AvgIpc) is 2.67. The average molecular weight is 321 g/mol. The minimum absolute atomic E-state index is 0.0431. The van der Waals surface area contributed by atoms with E-state index in [4.69, 9.17) is 20.3 Å². The van der Waals surface area contributed by atoms with Gasteiger partial charge in [0.25, 0.3) is 8.38 Å². The van der Waals surface area contributed by atoms with Gasteiger partial charge in [0.2, 0.25) is 6.29 Å². The van der Waals surface area contributed by atoms with Crippen LogP contribution in [0.3, 0.4) is 0 Å². The highest BCUT2D eigenvalue weighted by Crippen LogP contribution is 2.33. The first-order valence-electron chi connectivity index (χ1n) is 5.56. The molecule has 11 nitrogen and oxygen atoms in total. The van der Waals surface area contributed by atoms with Gasteiger partial charge in [-0.3, -0.25) is 4.57 Å². The van der Waals surface area contributed by atoms with Gasteiger partial charge in [0.15, 0.2) is 6.23 Å². The van der Waals surface area contributed by atoms with E-state index in [0.717, 1.165) is 4.57 Å². The number of aliphatic hydroxyl groups excluding tert-OH is 2. The predicted octanol–water partition coefficient (Wildman–Crippen LogP) is -2.16. The minimum Gasteiger partial charge on any atom is -0.426 e. The molecule has 2 heterocycles. The Bertz CT molecular complexity index is 593. The first-order chi connectivity index (χ1) is 9.81. The summed E-state index contributed by atoms with van der Waals surface area (Å²) < 4.78 is 10.4. The summed E-state index contributed by atoms with van der Waals surface area (Å²) in [5.41, 5.74) is 3.06. The van der Waals surface area contributed by atoms with E-state index in [2.05, 4.69) is 9.72 Å². The maximum Gasteiger partial charge on any atom is 0.386 e. The third kappa shape index (κ3) is 3.18. The lowest BCUT2D eigenvalue weighted by Crippen LogP contribution is -2.36. The lowest BCUT2D eigenvalue weighted by molar-refractivity contribution is -0.140. The number of hydrogen-bond acceptors (Lipinski definition) is 10. The molecular weight excluding hydrogens is 309 g/mol. The molecule has 1 fully saturated rings. The van der Waals surface area contributed by atoms with Crippen LogP contribution in [-0.2, 0) is 9.47 Å². The molecule has 0 spiro atoms. The molecule has 2 rings (SSSR count). The zero-order valence-electron chi connectivity index (χ0n) is 10.3. The van der Waals surface area contributed by atoms with Crippen molar-refractivity contribution < 1.29 is 34.3 Å². The van der Waals surface area contributed by atoms with Crippen LogP contribution in [0, 0.1) is 0 Å². The number of carbonyl (C=O) groups is 1. The fourth-order valence-corrected chi connectivity index (χ4v) is 1.92. The molecule has 12 heteroatoms. The second-order valence-electron chi connectivity index (χ2n) is 4.09. The number of aromatic nitrogens is 2. The van der Waals surface area contributed by atoms with Gasteiger partial charge in [0.1, 0.15) is 18.0 Å². The Morgan fingerprint density at radius 3 is 2.67 bits per heavy atom. The number of ether oxygens (including phenoxy) is 2. The number of hydrogen-bond donors (Lipinski definition) is 5. The molecule has 4 atom stereocenters. The van der Waals surface area contributed by atoms with Gasteiger partial charge in [-0.15, -0.1) is 0 Å². The fourth-order valence-electron chi connectivity index (χ4n) is 1.72. The molecule has 116 valence electrons. The van der Waals surface area contributed by atoms with Crippen molar-refractivity contribution >= 4 is 19.9 Å². The van der Waals surface area contributed by atoms with E-state index < -0.39 is 44.5 Å². The summed E-state index contributed by atoms with van der Waals surface area (Å²) >= 11 is 0. The molecule has 1 aliphatic heterocycles. The number of carbonyl (C=O) groups excluding carboxylic acids is 1. The Labute approximate surface area is 118 Å². The summed E-state index contributed by atoms with van der Waals surface area (Å²) in [4.78, 5) is 43.4. The van der Waals surface area contributed by atoms with E-state index in [0.29, 0.717) is 0 Å². The molecule has 0 aliphatic carbocycles. The number of rotatable bonds is 3. The Morgan fingerprint density at radius 1 is 1.43 bits per heavy atom. The van der Waals surface area contributed by atoms with Crippen LogP contribution in [0.4, 0.5) is 10.6 Å². The molecule has 0 bridgehead atoms. The highest BCUT2D eigenvalue weighted by atomic mass is 31.2. The van der Waals surface area contributed by atoms with Crippen molar-refractivity contribution in [2.75, 3.05) is 5.73 Å². The maximum absolute atomic E-state index is 11.6. The van der Waals surface area contributed by atoms with Crippen molar-refractivity contribution in [2.24, 2.45) is 0 Å². The third-order valence-electron chi connectivity index (χ3n) is 2.70. The fraction of sp³-hybridized carbons (Fsp3) is 0.444. The van der Waals surface area contributed by atoms with Crippen LogP contribution < -0.4 is 11.4 Å². The lowest BCUT2D eigenvalue weighted by Gasteiger charge is -2.16. The molecule has 0 radical (unpaired) electrons. The Morgan fingerprint density at radius 2 is 2.10 bits per heavy atom. The Kier molecular flexibility index (Phi) is 4.52. The molecular formula is C9H12N3O8P. The molecule has 0 aromatic carbocycles. The summed E-state index contributed by atoms with van der Waals surface area (Å²) in [6.07, 6.45) is -5.14. The second kappa shape index (κ2) is 6.02. The standard InChI is InChI=1S/C9H12N3O8P/c10-3-1-2-12(8(15)11-3)6-4(13)5(14)7(19-6)20-9(16)21(17)18/h1-2,4-7,13-14,17-18H,(H2,10,11,15)/t4-,5-,6-,7-/m1/s1. The molecule has 1 saturated heterocycles. The quantitative estimate of drug-likeness (QED) is 0.385. The number of nitrogens with two attached hydrogens (primary N) is 1. The lowest BCUT2D eigenvalue weighted by atomic mass is 10.2. The first-order valence-corrected chi connectivity index (χ1v) is 6.80. The van der Waals surface area contributed by atoms with Crippen molar-refractivity contribution in [1.29, 1.82) is 0 Å². The van der Waals surface area contributed by atoms with Gasteiger partial charge >= 0.3 is 11.4 Å². The van der Waals surface area contributed by atoms with Crippen LogP contribution in [0.15, 0.2) is 17.1 Å². The molecule has 6 N–H and O–H groups in total. The number of anilines is 1. The highest BCUT2D eigenvalue weighted by Gasteiger charge is 2.47. The summed E-state index contributed by atoms with van der Waals surface area (Å²) in [7, 11) is -3.02. The molecule has 0 amide bonds. The topological polar surface area (TPSA) is 177 Å². The SMILES string of the molecule is Nc1ccn([C@@H]2O[C@H](OC(=O)P(O)O)[C@H](O)[C@H]2O)c(=O)n1. The maximum atomic E-state index is 11.6. The zero-order chi connectivity index (χ0) is 15.7. The molecule has 0 unspecified atom stereocenters. The van der Waals surface area contributed by atoms with Gasteiger partial charge < -0.3 is 35.2 Å². The summed E-state index contributed by atoms with van der Waals surface area (Å²) in [5, 5.41) is 19.5. The van der Waals surface area contributed by atoms with Crippen molar-refractivity contribution in [3.63, 3.8) is 0 Å². The van der Waals surface area contributed by atoms with Gasteiger partial charge in [-0.05, 0) is 6.07 Å². The summed E-state index contributed by atoms with van der Waals surface area (Å²) in [5.74, 6) is -0.0431. The van der Waals surface area contributed by atoms with Crippen molar-refractivity contribution in [3.8, 4) is 0 Å². The van der Waals surface area contributed by atoms with E-state index in [1.54, 1.807) is 0 Å². The summed E-state index contributed by atoms with van der Waals surface area (Å²) in [6.45, 7) is 0. The van der Waals surface area contributed by atoms with Crippen molar-refractivity contribution in [3.05, 3.63) is 22.7 Å². The normalized spacial score (nSPS) is 28.8. The Hall–Kier alpha value is -1.62. The molecule has 1 aromatic heterocycles. The first kappa shape index (κ1) is 15.8. The van der Waals surface area contributed by atoms with E-state index >= 15 is 0 Å². The summed E-state index contributed by atoms with van der Waals surface area (Å²) in [6, 6.07) is 1.27. The van der Waals surface area contributed by atoms with E-state index in [-0.39, 0.29) is 5.82 Å². The third-order valence-corrected chi connectivity index (χ3v) is 3.13. The van der Waals surface area contributed by atoms with Gasteiger partial charge in [0.05, 0.1) is 0 Å². The van der Waals surface area contributed by atoms with Crippen molar-refractivity contribution in [2.45, 2.75) is 24.7 Å². The van der Waals surface area contributed by atoms with Crippen LogP contribution in [0.1, 0.15) is 6.23 Å². The molecule has 1 aliphatic rings. The van der Waals surface area contributed by atoms with Crippen molar-refractivity contribution in [1.82, 2.24) is 9.55 Å². The van der Waals surface area contributed by atoms with Gasteiger partial charge in [-0.2, -0.15) is 4.98 Å². The van der Waals surface area contributed by atoms with Crippen LogP contribution in [0.2, 0.25) is 0 Å². The van der Waals surface area contributed by atoms with Crippen LogP contribution in [0.5, 0.6) is 0 Å². The van der Waals surface area contributed by atoms with E-state index in [1.807, 2.05) is 0 Å². The zero-order valence-corrected chi connectivity index (χ0v) is 11.2. The number of nitrogens with zero attached hydrogens (tertiary/aromatic N) is 2. The van der Waals surface area contributed by atoms with Gasteiger partial charge in [-0.25, -0.2) is 9.59 Å². The highest BCUT2D eigenvalue weighted by molar-refractivity contribution is 7.63.